The van der Waals surface area contributed by atoms with Crippen LogP contribution in [0.1, 0.15) is 66.8 Å². The molecule has 192 valence electrons. The number of rotatable bonds is 12. The van der Waals surface area contributed by atoms with Crippen molar-refractivity contribution in [3.63, 3.8) is 0 Å². The van der Waals surface area contributed by atoms with E-state index in [-0.39, 0.29) is 0 Å². The third-order valence-corrected chi connectivity index (χ3v) is 7.38. The van der Waals surface area contributed by atoms with Crippen LogP contribution < -0.4 is 15.4 Å². The first-order chi connectivity index (χ1) is 17.6. The lowest BCUT2D eigenvalue weighted by Crippen LogP contribution is -2.21. The first-order valence-corrected chi connectivity index (χ1v) is 13.6. The van der Waals surface area contributed by atoms with Crippen LogP contribution in [0.25, 0.3) is 0 Å². The van der Waals surface area contributed by atoms with E-state index in [0.29, 0.717) is 17.7 Å². The van der Waals surface area contributed by atoms with Crippen LogP contribution in [-0.4, -0.2) is 31.3 Å². The van der Waals surface area contributed by atoms with Crippen LogP contribution in [0.15, 0.2) is 60.7 Å². The maximum Gasteiger partial charge on any atom is 0.120 e. The average Bonchev–Trinajstić information content (AvgIpc) is 2.89. The van der Waals surface area contributed by atoms with E-state index in [2.05, 4.69) is 73.0 Å². The lowest BCUT2D eigenvalue weighted by Gasteiger charge is -2.28. The number of phenolic OH excluding ortho intramolecular Hbond substituents is 1. The van der Waals surface area contributed by atoms with Gasteiger partial charge in [0.1, 0.15) is 11.5 Å². The maximum absolute atomic E-state index is 9.85. The molecule has 0 radical (unpaired) electrons. The van der Waals surface area contributed by atoms with Gasteiger partial charge in [-0.1, -0.05) is 49.7 Å². The number of aromatic hydroxyl groups is 1. The fraction of sp³-hybridized carbons (Fsp3) is 0.438. The highest BCUT2D eigenvalue weighted by atomic mass is 16.5. The first kappa shape index (κ1) is 26.1. The minimum Gasteiger partial charge on any atom is -0.508 e. The van der Waals surface area contributed by atoms with Crippen molar-refractivity contribution in [2.45, 2.75) is 70.8 Å². The summed E-state index contributed by atoms with van der Waals surface area (Å²) in [5, 5.41) is 17.2. The van der Waals surface area contributed by atoms with Crippen LogP contribution in [0.3, 0.4) is 0 Å². The molecular formula is C32H42N2O2. The molecule has 4 heteroatoms. The van der Waals surface area contributed by atoms with Crippen molar-refractivity contribution in [1.29, 1.82) is 0 Å². The van der Waals surface area contributed by atoms with Gasteiger partial charge in [-0.15, -0.1) is 0 Å². The summed E-state index contributed by atoms with van der Waals surface area (Å²) in [5.41, 5.74) is 7.90. The van der Waals surface area contributed by atoms with Gasteiger partial charge in [-0.25, -0.2) is 0 Å². The lowest BCUT2D eigenvalue weighted by molar-refractivity contribution is 0.414. The first-order valence-electron chi connectivity index (χ1n) is 13.6. The Hall–Kier alpha value is -2.98. The topological polar surface area (TPSA) is 53.5 Å². The molecule has 0 aromatic heterocycles. The normalized spacial score (nSPS) is 15.8. The van der Waals surface area contributed by atoms with Gasteiger partial charge in [-0.2, -0.15) is 0 Å². The molecular weight excluding hydrogens is 444 g/mol. The molecule has 4 rings (SSSR count). The number of unbranched alkanes of at least 4 members (excludes halogenated alkanes) is 1. The van der Waals surface area contributed by atoms with E-state index in [9.17, 15) is 5.11 Å². The summed E-state index contributed by atoms with van der Waals surface area (Å²) in [4.78, 5) is 0. The molecule has 0 fully saturated rings. The summed E-state index contributed by atoms with van der Waals surface area (Å²) in [6.07, 6.45) is 7.62. The van der Waals surface area contributed by atoms with Crippen molar-refractivity contribution in [1.82, 2.24) is 5.32 Å². The molecule has 3 N–H and O–H groups in total. The highest BCUT2D eigenvalue weighted by Crippen LogP contribution is 2.38. The van der Waals surface area contributed by atoms with E-state index < -0.39 is 0 Å². The van der Waals surface area contributed by atoms with Gasteiger partial charge in [0.25, 0.3) is 0 Å². The smallest absolute Gasteiger partial charge is 0.120 e. The van der Waals surface area contributed by atoms with Crippen molar-refractivity contribution in [3.05, 3.63) is 88.5 Å². The van der Waals surface area contributed by atoms with Gasteiger partial charge >= 0.3 is 0 Å². The Kier molecular flexibility index (Phi) is 9.29. The van der Waals surface area contributed by atoms with Gasteiger partial charge < -0.3 is 20.5 Å². The highest BCUT2D eigenvalue weighted by molar-refractivity contribution is 5.58. The average molecular weight is 487 g/mol. The quantitative estimate of drug-likeness (QED) is 0.251. The molecule has 0 saturated heterocycles. The van der Waals surface area contributed by atoms with Gasteiger partial charge in [0.05, 0.1) is 7.11 Å². The molecule has 2 atom stereocenters. The molecule has 0 heterocycles. The zero-order valence-electron chi connectivity index (χ0n) is 22.1. The van der Waals surface area contributed by atoms with Crippen LogP contribution >= 0.6 is 0 Å². The Morgan fingerprint density at radius 3 is 2.56 bits per heavy atom. The molecule has 0 amide bonds. The van der Waals surface area contributed by atoms with Gasteiger partial charge in [-0.05, 0) is 110 Å². The van der Waals surface area contributed by atoms with Crippen LogP contribution in [0.2, 0.25) is 0 Å². The number of hydrogen-bond acceptors (Lipinski definition) is 4. The number of benzene rings is 3. The van der Waals surface area contributed by atoms with E-state index in [1.54, 1.807) is 7.11 Å². The fourth-order valence-electron chi connectivity index (χ4n) is 5.32. The Morgan fingerprint density at radius 2 is 1.78 bits per heavy atom. The number of anilines is 1. The standard InChI is InChI=1S/C32H42N2O2/c1-4-5-17-33-18-16-24-6-8-25(9-7-24)19-23(2)34-32-22-30(36-3)14-15-31(32)28-11-10-27-21-29(35)13-12-26(27)20-28/h6-9,12-15,21-23,28,33-35H,4-5,10-11,16-20H2,1-3H3. The number of phenols is 1. The number of hydrogen-bond donors (Lipinski definition) is 3. The highest BCUT2D eigenvalue weighted by Gasteiger charge is 2.23. The Morgan fingerprint density at radius 1 is 0.972 bits per heavy atom. The third-order valence-electron chi connectivity index (χ3n) is 7.38. The Labute approximate surface area is 217 Å². The van der Waals surface area contributed by atoms with Crippen molar-refractivity contribution in [2.75, 3.05) is 25.5 Å². The summed E-state index contributed by atoms with van der Waals surface area (Å²) in [6, 6.07) is 21.7. The molecule has 4 nitrogen and oxygen atoms in total. The SMILES string of the molecule is CCCCNCCc1ccc(CC(C)Nc2cc(OC)ccc2C2CCc3cc(O)ccc3C2)cc1. The van der Waals surface area contributed by atoms with E-state index >= 15 is 0 Å². The van der Waals surface area contributed by atoms with Crippen molar-refractivity contribution < 1.29 is 9.84 Å². The van der Waals surface area contributed by atoms with E-state index in [0.717, 1.165) is 50.9 Å². The fourth-order valence-corrected chi connectivity index (χ4v) is 5.32. The van der Waals surface area contributed by atoms with Crippen molar-refractivity contribution in [3.8, 4) is 11.5 Å². The maximum atomic E-state index is 9.85. The van der Waals surface area contributed by atoms with E-state index in [4.69, 9.17) is 4.74 Å². The van der Waals surface area contributed by atoms with Gasteiger partial charge in [0.2, 0.25) is 0 Å². The summed E-state index contributed by atoms with van der Waals surface area (Å²) >= 11 is 0. The minimum atomic E-state index is 0.297. The Bertz CT molecular complexity index is 1110. The summed E-state index contributed by atoms with van der Waals surface area (Å²) < 4.78 is 5.56. The van der Waals surface area contributed by atoms with Gasteiger partial charge in [0.15, 0.2) is 0 Å². The minimum absolute atomic E-state index is 0.297. The second kappa shape index (κ2) is 12.8. The molecule has 2 unspecified atom stereocenters. The van der Waals surface area contributed by atoms with Gasteiger partial charge in [-0.3, -0.25) is 0 Å². The van der Waals surface area contributed by atoms with Crippen LogP contribution in [0.4, 0.5) is 5.69 Å². The predicted octanol–water partition coefficient (Wildman–Crippen LogP) is 6.65. The molecule has 1 aliphatic carbocycles. The van der Waals surface area contributed by atoms with Crippen LogP contribution in [0.5, 0.6) is 11.5 Å². The third kappa shape index (κ3) is 7.04. The summed E-state index contributed by atoms with van der Waals surface area (Å²) in [6.45, 7) is 6.64. The second-order valence-corrected chi connectivity index (χ2v) is 10.3. The summed E-state index contributed by atoms with van der Waals surface area (Å²) in [5.74, 6) is 1.70. The largest absolute Gasteiger partial charge is 0.508 e. The van der Waals surface area contributed by atoms with Crippen LogP contribution in [0, 0.1) is 0 Å². The van der Waals surface area contributed by atoms with E-state index in [1.807, 2.05) is 12.1 Å². The molecule has 3 aromatic carbocycles. The summed E-state index contributed by atoms with van der Waals surface area (Å²) in [7, 11) is 1.73. The van der Waals surface area contributed by atoms with Crippen LogP contribution in [-0.2, 0) is 25.7 Å². The molecule has 3 aromatic rings. The predicted molar refractivity (Wildman–Crippen MR) is 151 cm³/mol. The molecule has 0 aliphatic heterocycles. The number of nitrogens with one attached hydrogen (secondary N) is 2. The van der Waals surface area contributed by atoms with Gasteiger partial charge in [0, 0.05) is 17.8 Å². The lowest BCUT2D eigenvalue weighted by atomic mass is 9.79. The molecule has 0 saturated carbocycles. The monoisotopic (exact) mass is 486 g/mol. The molecule has 1 aliphatic rings. The van der Waals surface area contributed by atoms with E-state index in [1.165, 1.54) is 46.3 Å². The Balaban J connectivity index is 1.39. The second-order valence-electron chi connectivity index (χ2n) is 10.3. The molecule has 0 spiro atoms. The number of aryl methyl sites for hydroxylation is 1. The molecule has 0 bridgehead atoms. The number of methoxy groups -OCH3 is 1. The molecule has 36 heavy (non-hydrogen) atoms. The zero-order chi connectivity index (χ0) is 25.3. The zero-order valence-corrected chi connectivity index (χ0v) is 22.1. The number of fused-ring (bicyclic) bond motifs is 1. The number of ether oxygens (including phenoxy) is 1. The van der Waals surface area contributed by atoms with Crippen molar-refractivity contribution in [2.24, 2.45) is 0 Å². The van der Waals surface area contributed by atoms with Crippen molar-refractivity contribution >= 4 is 5.69 Å².